The summed E-state index contributed by atoms with van der Waals surface area (Å²) in [5.74, 6) is -1.81. The molecule has 1 amide bonds. The largest absolute Gasteiger partial charge is 0.479 e. The zero-order valence-electron chi connectivity index (χ0n) is 10.9. The number of nitrogens with zero attached hydrogens (tertiary/aromatic N) is 2. The van der Waals surface area contributed by atoms with E-state index < -0.39 is 17.5 Å². The van der Waals surface area contributed by atoms with Gasteiger partial charge in [-0.25, -0.2) is 9.78 Å². The van der Waals surface area contributed by atoms with Crippen molar-refractivity contribution in [2.75, 3.05) is 6.54 Å². The summed E-state index contributed by atoms with van der Waals surface area (Å²) < 4.78 is 1.89. The Balaban J connectivity index is 1.81. The molecule has 0 spiro atoms. The molecule has 0 aliphatic carbocycles. The molecular formula is C12H11N3O4S2. The molecule has 110 valence electrons. The highest BCUT2D eigenvalue weighted by atomic mass is 32.1. The lowest BCUT2D eigenvalue weighted by Crippen LogP contribution is -2.46. The highest BCUT2D eigenvalue weighted by Crippen LogP contribution is 2.28. The van der Waals surface area contributed by atoms with E-state index in [1.165, 1.54) is 22.7 Å². The predicted octanol–water partition coefficient (Wildman–Crippen LogP) is 1.18. The van der Waals surface area contributed by atoms with Crippen LogP contribution in [0.2, 0.25) is 0 Å². The molecule has 3 heterocycles. The molecule has 21 heavy (non-hydrogen) atoms. The van der Waals surface area contributed by atoms with E-state index in [-0.39, 0.29) is 6.54 Å². The standard InChI is InChI=1S/C12H11N3O4S2/c1-12(19,10(17)18)5-13-8(16)7-4-6-9(21-7)14-11-15(6)2-3-20-11/h2-4,19H,5H2,1H3,(H,13,16)(H,17,18). The van der Waals surface area contributed by atoms with Gasteiger partial charge in [0.2, 0.25) is 0 Å². The van der Waals surface area contributed by atoms with Gasteiger partial charge in [0.25, 0.3) is 5.91 Å². The Morgan fingerprint density at radius 3 is 3.00 bits per heavy atom. The van der Waals surface area contributed by atoms with Gasteiger partial charge in [-0.2, -0.15) is 0 Å². The van der Waals surface area contributed by atoms with Gasteiger partial charge in [0, 0.05) is 11.6 Å². The molecule has 0 radical (unpaired) electrons. The predicted molar refractivity (Wildman–Crippen MR) is 79.0 cm³/mol. The number of aliphatic hydroxyl groups is 1. The Bertz CT molecular complexity index is 845. The molecular weight excluding hydrogens is 314 g/mol. The third-order valence-electron chi connectivity index (χ3n) is 3.02. The van der Waals surface area contributed by atoms with E-state index in [2.05, 4.69) is 10.3 Å². The van der Waals surface area contributed by atoms with Crippen molar-refractivity contribution in [3.8, 4) is 0 Å². The zero-order chi connectivity index (χ0) is 15.2. The maximum absolute atomic E-state index is 12.0. The number of nitrogens with one attached hydrogen (secondary N) is 1. The fraction of sp³-hybridized carbons (Fsp3) is 0.250. The molecule has 0 bridgehead atoms. The molecule has 0 aliphatic rings. The van der Waals surface area contributed by atoms with Crippen molar-refractivity contribution in [2.24, 2.45) is 0 Å². The lowest BCUT2D eigenvalue weighted by atomic mass is 10.1. The van der Waals surface area contributed by atoms with Gasteiger partial charge < -0.3 is 15.5 Å². The first-order chi connectivity index (χ1) is 9.88. The Kier molecular flexibility index (Phi) is 3.19. The molecule has 7 nitrogen and oxygen atoms in total. The molecule has 3 aromatic rings. The maximum Gasteiger partial charge on any atom is 0.337 e. The van der Waals surface area contributed by atoms with Crippen LogP contribution in [0.3, 0.4) is 0 Å². The van der Waals surface area contributed by atoms with Crippen LogP contribution in [0.15, 0.2) is 17.6 Å². The summed E-state index contributed by atoms with van der Waals surface area (Å²) in [6, 6.07) is 1.71. The topological polar surface area (TPSA) is 104 Å². The first kappa shape index (κ1) is 14.0. The van der Waals surface area contributed by atoms with Crippen molar-refractivity contribution >= 4 is 49.9 Å². The van der Waals surface area contributed by atoms with Crippen LogP contribution in [0.1, 0.15) is 16.6 Å². The number of thiophene rings is 1. The minimum absolute atomic E-state index is 0.363. The van der Waals surface area contributed by atoms with Crippen molar-refractivity contribution in [1.29, 1.82) is 0 Å². The number of aromatic nitrogens is 2. The second-order valence-corrected chi connectivity index (χ2v) is 6.63. The monoisotopic (exact) mass is 325 g/mol. The zero-order valence-corrected chi connectivity index (χ0v) is 12.5. The van der Waals surface area contributed by atoms with Crippen molar-refractivity contribution in [2.45, 2.75) is 12.5 Å². The number of carboxylic acids is 1. The Labute approximate surface area is 126 Å². The minimum atomic E-state index is -1.99. The van der Waals surface area contributed by atoms with Crippen LogP contribution in [-0.2, 0) is 4.79 Å². The summed E-state index contributed by atoms with van der Waals surface area (Å²) in [6.07, 6.45) is 1.87. The average molecular weight is 325 g/mol. The van der Waals surface area contributed by atoms with Gasteiger partial charge >= 0.3 is 5.97 Å². The van der Waals surface area contributed by atoms with Crippen molar-refractivity contribution < 1.29 is 19.8 Å². The van der Waals surface area contributed by atoms with Gasteiger partial charge in [0.1, 0.15) is 4.83 Å². The fourth-order valence-electron chi connectivity index (χ4n) is 1.77. The molecule has 0 saturated carbocycles. The highest BCUT2D eigenvalue weighted by Gasteiger charge is 2.30. The van der Waals surface area contributed by atoms with Gasteiger partial charge in [0.15, 0.2) is 10.6 Å². The molecule has 0 aromatic carbocycles. The molecule has 0 saturated heterocycles. The third kappa shape index (κ3) is 2.39. The van der Waals surface area contributed by atoms with E-state index in [0.717, 1.165) is 22.2 Å². The second-order valence-electron chi connectivity index (χ2n) is 4.73. The molecule has 1 atom stereocenters. The van der Waals surface area contributed by atoms with E-state index in [0.29, 0.717) is 4.88 Å². The van der Waals surface area contributed by atoms with E-state index in [9.17, 15) is 14.7 Å². The van der Waals surface area contributed by atoms with Crippen LogP contribution in [0.4, 0.5) is 0 Å². The normalized spacial score (nSPS) is 14.4. The molecule has 0 aliphatic heterocycles. The number of thiazole rings is 1. The van der Waals surface area contributed by atoms with Crippen LogP contribution in [0.5, 0.6) is 0 Å². The van der Waals surface area contributed by atoms with E-state index >= 15 is 0 Å². The van der Waals surface area contributed by atoms with E-state index in [1.54, 1.807) is 6.07 Å². The highest BCUT2D eigenvalue weighted by molar-refractivity contribution is 7.21. The Morgan fingerprint density at radius 2 is 2.29 bits per heavy atom. The molecule has 3 aromatic heterocycles. The number of carbonyl (C=O) groups is 2. The van der Waals surface area contributed by atoms with E-state index in [1.807, 2.05) is 16.0 Å². The molecule has 1 unspecified atom stereocenters. The Hall–Kier alpha value is -1.97. The van der Waals surface area contributed by atoms with E-state index in [4.69, 9.17) is 5.11 Å². The summed E-state index contributed by atoms with van der Waals surface area (Å²) in [6.45, 7) is 0.768. The lowest BCUT2D eigenvalue weighted by molar-refractivity contribution is -0.155. The van der Waals surface area contributed by atoms with Gasteiger partial charge in [-0.15, -0.1) is 22.7 Å². The number of fused-ring (bicyclic) bond motifs is 3. The number of carbonyl (C=O) groups excluding carboxylic acids is 1. The summed E-state index contributed by atoms with van der Waals surface area (Å²) in [5.41, 5.74) is -1.15. The SMILES string of the molecule is CC(O)(CNC(=O)c1cc2c(nc3sccn32)s1)C(=O)O. The van der Waals surface area contributed by atoms with Gasteiger partial charge in [-0.1, -0.05) is 0 Å². The molecule has 3 rings (SSSR count). The number of aliphatic carboxylic acids is 1. The van der Waals surface area contributed by atoms with Crippen molar-refractivity contribution in [3.63, 3.8) is 0 Å². The summed E-state index contributed by atoms with van der Waals surface area (Å²) in [5, 5.41) is 22.7. The van der Waals surface area contributed by atoms with Gasteiger partial charge in [0.05, 0.1) is 16.9 Å². The van der Waals surface area contributed by atoms with Crippen LogP contribution < -0.4 is 5.32 Å². The van der Waals surface area contributed by atoms with Gasteiger partial charge in [-0.3, -0.25) is 9.20 Å². The van der Waals surface area contributed by atoms with Gasteiger partial charge in [-0.05, 0) is 13.0 Å². The number of carboxylic acid groups (broad SMARTS) is 1. The van der Waals surface area contributed by atoms with Crippen LogP contribution >= 0.6 is 22.7 Å². The lowest BCUT2D eigenvalue weighted by Gasteiger charge is -2.17. The Morgan fingerprint density at radius 1 is 1.52 bits per heavy atom. The third-order valence-corrected chi connectivity index (χ3v) is 4.79. The van der Waals surface area contributed by atoms with Crippen LogP contribution in [0.25, 0.3) is 15.3 Å². The number of amides is 1. The number of hydrogen-bond acceptors (Lipinski definition) is 6. The smallest absolute Gasteiger partial charge is 0.337 e. The van der Waals surface area contributed by atoms with Crippen LogP contribution in [-0.4, -0.2) is 43.6 Å². The van der Waals surface area contributed by atoms with Crippen molar-refractivity contribution in [1.82, 2.24) is 14.7 Å². The average Bonchev–Trinajstić information content (AvgIpc) is 3.06. The van der Waals surface area contributed by atoms with Crippen LogP contribution in [0, 0.1) is 0 Å². The fourth-order valence-corrected chi connectivity index (χ4v) is 3.49. The molecule has 9 heteroatoms. The summed E-state index contributed by atoms with van der Waals surface area (Å²) >= 11 is 2.74. The maximum atomic E-state index is 12.0. The summed E-state index contributed by atoms with van der Waals surface area (Å²) in [7, 11) is 0. The first-order valence-corrected chi connectivity index (χ1v) is 7.67. The summed E-state index contributed by atoms with van der Waals surface area (Å²) in [4.78, 5) is 29.2. The van der Waals surface area contributed by atoms with Crippen molar-refractivity contribution in [3.05, 3.63) is 22.5 Å². The number of imidazole rings is 1. The number of rotatable bonds is 4. The molecule has 0 fully saturated rings. The molecule has 3 N–H and O–H groups in total. The number of hydrogen-bond donors (Lipinski definition) is 3. The second kappa shape index (κ2) is 4.79. The quantitative estimate of drug-likeness (QED) is 0.668. The minimum Gasteiger partial charge on any atom is -0.479 e. The first-order valence-electron chi connectivity index (χ1n) is 5.97.